The highest BCUT2D eigenvalue weighted by atomic mass is 127. The van der Waals surface area contributed by atoms with Crippen LogP contribution in [-0.4, -0.2) is 0 Å². The van der Waals surface area contributed by atoms with Gasteiger partial charge >= 0.3 is 0 Å². The summed E-state index contributed by atoms with van der Waals surface area (Å²) >= 11 is 0. The topological polar surface area (TPSA) is 3.88 Å². The highest BCUT2D eigenvalue weighted by Crippen LogP contribution is 1.96. The van der Waals surface area contributed by atoms with Gasteiger partial charge in [-0.3, -0.25) is 0 Å². The minimum atomic E-state index is 0. The summed E-state index contributed by atoms with van der Waals surface area (Å²) in [4.78, 5) is 0. The molecule has 1 nitrogen and oxygen atoms in total. The first-order valence-corrected chi connectivity index (χ1v) is 4.87. The van der Waals surface area contributed by atoms with Crippen LogP contribution in [0.2, 0.25) is 0 Å². The Labute approximate surface area is 113 Å². The summed E-state index contributed by atoms with van der Waals surface area (Å²) in [7, 11) is 1.99. The zero-order valence-electron chi connectivity index (χ0n) is 9.02. The van der Waals surface area contributed by atoms with Gasteiger partial charge in [-0.2, -0.15) is 0 Å². The Bertz CT molecular complexity index is 509. The van der Waals surface area contributed by atoms with Crippen molar-refractivity contribution in [2.75, 3.05) is 0 Å². The molecule has 0 amide bonds. The molecule has 0 unspecified atom stereocenters. The van der Waals surface area contributed by atoms with Gasteiger partial charge in [0, 0.05) is 11.6 Å². The Hall–Kier alpha value is -1.34. The minimum Gasteiger partial charge on any atom is -1.00 e. The second-order valence-corrected chi connectivity index (χ2v) is 3.37. The van der Waals surface area contributed by atoms with E-state index in [-0.39, 0.29) is 24.0 Å². The Morgan fingerprint density at radius 3 is 2.19 bits per heavy atom. The fourth-order valence-electron chi connectivity index (χ4n) is 1.33. The van der Waals surface area contributed by atoms with E-state index in [2.05, 4.69) is 11.8 Å². The van der Waals surface area contributed by atoms with Gasteiger partial charge < -0.3 is 24.0 Å². The molecule has 0 aliphatic rings. The van der Waals surface area contributed by atoms with E-state index in [0.29, 0.717) is 0 Å². The van der Waals surface area contributed by atoms with E-state index in [1.807, 2.05) is 66.5 Å². The fourth-order valence-corrected chi connectivity index (χ4v) is 1.33. The van der Waals surface area contributed by atoms with Crippen molar-refractivity contribution in [1.29, 1.82) is 0 Å². The van der Waals surface area contributed by atoms with Crippen molar-refractivity contribution < 1.29 is 28.5 Å². The average Bonchev–Trinajstić information content (AvgIpc) is 2.28. The molecule has 2 rings (SSSR count). The highest BCUT2D eigenvalue weighted by Gasteiger charge is 1.92. The van der Waals surface area contributed by atoms with E-state index in [4.69, 9.17) is 0 Å². The second kappa shape index (κ2) is 6.29. The Morgan fingerprint density at radius 1 is 0.875 bits per heavy atom. The zero-order chi connectivity index (χ0) is 10.5. The minimum absolute atomic E-state index is 0. The molecule has 0 aliphatic carbocycles. The number of halogens is 1. The van der Waals surface area contributed by atoms with Gasteiger partial charge in [0.2, 0.25) is 0 Å². The molecule has 0 saturated carbocycles. The van der Waals surface area contributed by atoms with Crippen molar-refractivity contribution in [2.24, 2.45) is 7.05 Å². The number of rotatable bonds is 0. The van der Waals surface area contributed by atoms with E-state index >= 15 is 0 Å². The summed E-state index contributed by atoms with van der Waals surface area (Å²) in [5.41, 5.74) is 2.08. The Balaban J connectivity index is 0.00000128. The Morgan fingerprint density at radius 2 is 1.50 bits per heavy atom. The second-order valence-electron chi connectivity index (χ2n) is 3.37. The van der Waals surface area contributed by atoms with Gasteiger partial charge in [0.15, 0.2) is 12.4 Å². The van der Waals surface area contributed by atoms with Gasteiger partial charge in [0.1, 0.15) is 7.05 Å². The molecule has 80 valence electrons. The average molecular weight is 321 g/mol. The number of nitrogens with zero attached hydrogens (tertiary/aromatic N) is 1. The molecule has 0 spiro atoms. The van der Waals surface area contributed by atoms with Gasteiger partial charge in [-0.05, 0) is 18.2 Å². The van der Waals surface area contributed by atoms with Gasteiger partial charge in [-0.1, -0.05) is 30.0 Å². The third-order valence-corrected chi connectivity index (χ3v) is 2.06. The quantitative estimate of drug-likeness (QED) is 0.330. The Kier molecular flexibility index (Phi) is 5.00. The lowest BCUT2D eigenvalue weighted by molar-refractivity contribution is -0.671. The van der Waals surface area contributed by atoms with Crippen molar-refractivity contribution in [1.82, 2.24) is 0 Å². The lowest BCUT2D eigenvalue weighted by Gasteiger charge is -1.88. The van der Waals surface area contributed by atoms with Crippen LogP contribution in [0.4, 0.5) is 0 Å². The monoisotopic (exact) mass is 321 g/mol. The number of benzene rings is 1. The number of hydrogen-bond acceptors (Lipinski definition) is 0. The number of hydrogen-bond donors (Lipinski definition) is 0. The maximum absolute atomic E-state index is 3.13. The van der Waals surface area contributed by atoms with E-state index in [0.717, 1.165) is 11.1 Å². The molecule has 2 heteroatoms. The first kappa shape index (κ1) is 12.7. The molecule has 0 radical (unpaired) electrons. The van der Waals surface area contributed by atoms with Crippen LogP contribution in [0, 0.1) is 11.8 Å². The smallest absolute Gasteiger partial charge is 0.184 e. The highest BCUT2D eigenvalue weighted by molar-refractivity contribution is 5.40. The maximum Gasteiger partial charge on any atom is 0.184 e. The standard InChI is InChI=1S/C14H12N.HI/c1-15-11-5-8-14(12-15)10-9-13-6-3-2-4-7-13;/h2-8,11-12H,1H3;1H/q+1;/p-1. The molecular weight excluding hydrogens is 309 g/mol. The molecular formula is C14H12IN. The van der Waals surface area contributed by atoms with Crippen molar-refractivity contribution in [3.63, 3.8) is 0 Å². The normalized spacial score (nSPS) is 8.56. The summed E-state index contributed by atoms with van der Waals surface area (Å²) in [6, 6.07) is 14.0. The molecule has 0 fully saturated rings. The lowest BCUT2D eigenvalue weighted by atomic mass is 10.2. The predicted octanol–water partition coefficient (Wildman–Crippen LogP) is -1.09. The molecule has 0 N–H and O–H groups in total. The molecule has 16 heavy (non-hydrogen) atoms. The molecule has 0 aliphatic heterocycles. The van der Waals surface area contributed by atoms with Gasteiger partial charge in [-0.15, -0.1) is 0 Å². The van der Waals surface area contributed by atoms with E-state index in [1.54, 1.807) is 0 Å². The summed E-state index contributed by atoms with van der Waals surface area (Å²) in [5.74, 6) is 6.26. The molecule has 0 bridgehead atoms. The molecule has 0 saturated heterocycles. The number of aromatic nitrogens is 1. The van der Waals surface area contributed by atoms with Crippen LogP contribution < -0.4 is 28.5 Å². The first-order valence-electron chi connectivity index (χ1n) is 4.87. The van der Waals surface area contributed by atoms with Gasteiger partial charge in [0.05, 0.1) is 5.56 Å². The summed E-state index contributed by atoms with van der Waals surface area (Å²) in [6.45, 7) is 0. The van der Waals surface area contributed by atoms with Crippen LogP contribution in [0.3, 0.4) is 0 Å². The molecule has 2 aromatic rings. The van der Waals surface area contributed by atoms with E-state index < -0.39 is 0 Å². The van der Waals surface area contributed by atoms with E-state index in [9.17, 15) is 0 Å². The van der Waals surface area contributed by atoms with Crippen LogP contribution in [0.5, 0.6) is 0 Å². The van der Waals surface area contributed by atoms with Crippen molar-refractivity contribution in [3.05, 3.63) is 66.0 Å². The predicted molar refractivity (Wildman–Crippen MR) is 60.0 cm³/mol. The van der Waals surface area contributed by atoms with Crippen LogP contribution in [-0.2, 0) is 7.05 Å². The van der Waals surface area contributed by atoms with E-state index in [1.165, 1.54) is 0 Å². The SMILES string of the molecule is C[n+]1cccc(C#Cc2ccccc2)c1.[I-]. The molecule has 1 aromatic carbocycles. The number of aryl methyl sites for hydroxylation is 1. The third-order valence-electron chi connectivity index (χ3n) is 2.06. The third kappa shape index (κ3) is 3.67. The van der Waals surface area contributed by atoms with Crippen LogP contribution >= 0.6 is 0 Å². The van der Waals surface area contributed by atoms with Crippen LogP contribution in [0.1, 0.15) is 11.1 Å². The van der Waals surface area contributed by atoms with Crippen molar-refractivity contribution in [3.8, 4) is 11.8 Å². The summed E-state index contributed by atoms with van der Waals surface area (Å²) in [5, 5.41) is 0. The molecule has 1 heterocycles. The molecule has 1 aromatic heterocycles. The van der Waals surface area contributed by atoms with Gasteiger partial charge in [0.25, 0.3) is 0 Å². The van der Waals surface area contributed by atoms with Crippen LogP contribution in [0.25, 0.3) is 0 Å². The summed E-state index contributed by atoms with van der Waals surface area (Å²) in [6.07, 6.45) is 4.00. The number of pyridine rings is 1. The lowest BCUT2D eigenvalue weighted by Crippen LogP contribution is -3.00. The largest absolute Gasteiger partial charge is 1.00 e. The zero-order valence-corrected chi connectivity index (χ0v) is 11.2. The molecule has 0 atom stereocenters. The first-order chi connectivity index (χ1) is 7.34. The van der Waals surface area contributed by atoms with Crippen LogP contribution in [0.15, 0.2) is 54.9 Å². The van der Waals surface area contributed by atoms with Crippen molar-refractivity contribution in [2.45, 2.75) is 0 Å². The summed E-state index contributed by atoms with van der Waals surface area (Å²) < 4.78 is 2.00. The fraction of sp³-hybridized carbons (Fsp3) is 0.0714. The van der Waals surface area contributed by atoms with Crippen molar-refractivity contribution >= 4 is 0 Å². The van der Waals surface area contributed by atoms with Gasteiger partial charge in [-0.25, -0.2) is 4.57 Å². The maximum atomic E-state index is 3.13.